The average Bonchev–Trinajstić information content (AvgIpc) is 2.36. The molecule has 1 heterocycles. The van der Waals surface area contributed by atoms with E-state index in [2.05, 4.69) is 19.0 Å². The van der Waals surface area contributed by atoms with Gasteiger partial charge in [-0.3, -0.25) is 4.79 Å². The fraction of sp³-hybridized carbons (Fsp3) is 0.875. The number of carbonyl (C=O) groups is 1. The monoisotopic (exact) mass is 188 g/mol. The Bertz CT molecular complexity index is 161. The van der Waals surface area contributed by atoms with Crippen molar-refractivity contribution in [1.82, 2.24) is 9.80 Å². The number of carbonyl (C=O) groups excluding carboxylic acids is 1. The average molecular weight is 188 g/mol. The summed E-state index contributed by atoms with van der Waals surface area (Å²) in [7, 11) is 4.11. The van der Waals surface area contributed by atoms with E-state index in [0.717, 1.165) is 31.8 Å². The quantitative estimate of drug-likeness (QED) is 0.660. The molecule has 0 atom stereocenters. The first-order chi connectivity index (χ1) is 5.70. The van der Waals surface area contributed by atoms with Crippen molar-refractivity contribution in [2.24, 2.45) is 0 Å². The molecule has 1 amide bonds. The van der Waals surface area contributed by atoms with Gasteiger partial charge in [-0.1, -0.05) is 11.8 Å². The molecule has 0 aliphatic carbocycles. The minimum Gasteiger partial charge on any atom is -0.333 e. The lowest BCUT2D eigenvalue weighted by molar-refractivity contribution is 0.226. The SMILES string of the molecule is CN(C)CCCN1CCSC1=O. The Hall–Kier alpha value is -0.220. The lowest BCUT2D eigenvalue weighted by Crippen LogP contribution is -2.27. The molecular weight excluding hydrogens is 172 g/mol. The Morgan fingerprint density at radius 3 is 2.83 bits per heavy atom. The molecule has 0 spiro atoms. The van der Waals surface area contributed by atoms with Gasteiger partial charge in [-0.25, -0.2) is 0 Å². The fourth-order valence-electron chi connectivity index (χ4n) is 1.21. The normalized spacial score (nSPS) is 17.9. The van der Waals surface area contributed by atoms with Crippen LogP contribution in [0, 0.1) is 0 Å². The van der Waals surface area contributed by atoms with Crippen LogP contribution < -0.4 is 0 Å². The molecule has 0 aromatic carbocycles. The number of nitrogens with zero attached hydrogens (tertiary/aromatic N) is 2. The third-order valence-corrected chi connectivity index (χ3v) is 2.77. The second kappa shape index (κ2) is 4.72. The Morgan fingerprint density at radius 2 is 2.33 bits per heavy atom. The molecule has 0 N–H and O–H groups in total. The van der Waals surface area contributed by atoms with Gasteiger partial charge in [-0.2, -0.15) is 0 Å². The molecular formula is C8H16N2OS. The summed E-state index contributed by atoms with van der Waals surface area (Å²) in [6, 6.07) is 0. The Labute approximate surface area is 78.1 Å². The lowest BCUT2D eigenvalue weighted by atomic mass is 10.4. The summed E-state index contributed by atoms with van der Waals surface area (Å²) in [4.78, 5) is 15.2. The van der Waals surface area contributed by atoms with Crippen molar-refractivity contribution in [3.05, 3.63) is 0 Å². The van der Waals surface area contributed by atoms with Crippen molar-refractivity contribution < 1.29 is 4.79 Å². The summed E-state index contributed by atoms with van der Waals surface area (Å²) < 4.78 is 0. The zero-order valence-corrected chi connectivity index (χ0v) is 8.56. The molecule has 3 nitrogen and oxygen atoms in total. The van der Waals surface area contributed by atoms with Crippen molar-refractivity contribution in [2.75, 3.05) is 39.5 Å². The van der Waals surface area contributed by atoms with Crippen molar-refractivity contribution in [3.63, 3.8) is 0 Å². The maximum Gasteiger partial charge on any atom is 0.281 e. The van der Waals surface area contributed by atoms with Crippen LogP contribution in [0.4, 0.5) is 4.79 Å². The van der Waals surface area contributed by atoms with Gasteiger partial charge in [0.2, 0.25) is 0 Å². The van der Waals surface area contributed by atoms with Crippen LogP contribution in [0.1, 0.15) is 6.42 Å². The second-order valence-electron chi connectivity index (χ2n) is 3.26. The highest BCUT2D eigenvalue weighted by molar-refractivity contribution is 8.13. The summed E-state index contributed by atoms with van der Waals surface area (Å²) in [6.45, 7) is 2.93. The lowest BCUT2D eigenvalue weighted by Gasteiger charge is -2.15. The first-order valence-electron chi connectivity index (χ1n) is 4.26. The van der Waals surface area contributed by atoms with Gasteiger partial charge in [0.15, 0.2) is 0 Å². The van der Waals surface area contributed by atoms with E-state index in [1.807, 2.05) is 4.90 Å². The smallest absolute Gasteiger partial charge is 0.281 e. The van der Waals surface area contributed by atoms with Gasteiger partial charge < -0.3 is 9.80 Å². The van der Waals surface area contributed by atoms with Crippen LogP contribution in [0.15, 0.2) is 0 Å². The van der Waals surface area contributed by atoms with Gasteiger partial charge in [0.05, 0.1) is 0 Å². The highest BCUT2D eigenvalue weighted by atomic mass is 32.2. The topological polar surface area (TPSA) is 23.6 Å². The van der Waals surface area contributed by atoms with Gasteiger partial charge >= 0.3 is 0 Å². The summed E-state index contributed by atoms with van der Waals surface area (Å²) in [6.07, 6.45) is 1.08. The first kappa shape index (κ1) is 9.86. The molecule has 1 fully saturated rings. The molecule has 12 heavy (non-hydrogen) atoms. The van der Waals surface area contributed by atoms with Crippen molar-refractivity contribution in [2.45, 2.75) is 6.42 Å². The van der Waals surface area contributed by atoms with Crippen LogP contribution >= 0.6 is 11.8 Å². The number of thioether (sulfide) groups is 1. The van der Waals surface area contributed by atoms with Crippen molar-refractivity contribution >= 4 is 17.0 Å². The van der Waals surface area contributed by atoms with E-state index >= 15 is 0 Å². The zero-order valence-electron chi connectivity index (χ0n) is 7.75. The van der Waals surface area contributed by atoms with E-state index in [4.69, 9.17) is 0 Å². The number of rotatable bonds is 4. The minimum atomic E-state index is 0.258. The van der Waals surface area contributed by atoms with E-state index in [1.165, 1.54) is 11.8 Å². The molecule has 0 saturated carbocycles. The zero-order chi connectivity index (χ0) is 8.97. The third-order valence-electron chi connectivity index (χ3n) is 1.88. The number of hydrogen-bond acceptors (Lipinski definition) is 3. The van der Waals surface area contributed by atoms with E-state index in [-0.39, 0.29) is 5.24 Å². The van der Waals surface area contributed by atoms with Gasteiger partial charge in [-0.15, -0.1) is 0 Å². The van der Waals surface area contributed by atoms with Gasteiger partial charge in [-0.05, 0) is 27.1 Å². The van der Waals surface area contributed by atoms with Crippen LogP contribution in [0.25, 0.3) is 0 Å². The van der Waals surface area contributed by atoms with E-state index < -0.39 is 0 Å². The Kier molecular flexibility index (Phi) is 3.88. The molecule has 1 saturated heterocycles. The van der Waals surface area contributed by atoms with Crippen LogP contribution in [0.2, 0.25) is 0 Å². The standard InChI is InChI=1S/C8H16N2OS/c1-9(2)4-3-5-10-6-7-12-8(10)11/h3-7H2,1-2H3. The molecule has 0 unspecified atom stereocenters. The van der Waals surface area contributed by atoms with Crippen LogP contribution in [-0.4, -0.2) is 54.5 Å². The van der Waals surface area contributed by atoms with E-state index in [9.17, 15) is 4.79 Å². The fourth-order valence-corrected chi connectivity index (χ4v) is 2.06. The summed E-state index contributed by atoms with van der Waals surface area (Å²) in [5.74, 6) is 0.973. The Balaban J connectivity index is 2.10. The molecule has 4 heteroatoms. The van der Waals surface area contributed by atoms with Gasteiger partial charge in [0.1, 0.15) is 0 Å². The van der Waals surface area contributed by atoms with Crippen LogP contribution in [0.5, 0.6) is 0 Å². The number of hydrogen-bond donors (Lipinski definition) is 0. The molecule has 0 radical (unpaired) electrons. The summed E-state index contributed by atoms with van der Waals surface area (Å²) in [5.41, 5.74) is 0. The molecule has 70 valence electrons. The van der Waals surface area contributed by atoms with Gasteiger partial charge in [0, 0.05) is 18.8 Å². The molecule has 1 aliphatic heterocycles. The molecule has 0 bridgehead atoms. The first-order valence-corrected chi connectivity index (χ1v) is 5.25. The predicted octanol–water partition coefficient (Wildman–Crippen LogP) is 1.11. The second-order valence-corrected chi connectivity index (χ2v) is 4.30. The minimum absolute atomic E-state index is 0.258. The predicted molar refractivity (Wildman–Crippen MR) is 52.6 cm³/mol. The van der Waals surface area contributed by atoms with Crippen molar-refractivity contribution in [3.8, 4) is 0 Å². The number of amides is 1. The molecule has 1 rings (SSSR count). The van der Waals surface area contributed by atoms with E-state index in [0.29, 0.717) is 0 Å². The molecule has 0 aromatic heterocycles. The van der Waals surface area contributed by atoms with Crippen LogP contribution in [0.3, 0.4) is 0 Å². The summed E-state index contributed by atoms with van der Waals surface area (Å²) >= 11 is 1.44. The van der Waals surface area contributed by atoms with Crippen LogP contribution in [-0.2, 0) is 0 Å². The largest absolute Gasteiger partial charge is 0.333 e. The van der Waals surface area contributed by atoms with E-state index in [1.54, 1.807) is 0 Å². The molecule has 1 aliphatic rings. The van der Waals surface area contributed by atoms with Gasteiger partial charge in [0.25, 0.3) is 5.24 Å². The molecule has 0 aromatic rings. The Morgan fingerprint density at radius 1 is 1.58 bits per heavy atom. The maximum atomic E-state index is 11.1. The summed E-state index contributed by atoms with van der Waals surface area (Å²) in [5, 5.41) is 0.258. The maximum absolute atomic E-state index is 11.1. The highest BCUT2D eigenvalue weighted by Gasteiger charge is 2.19. The highest BCUT2D eigenvalue weighted by Crippen LogP contribution is 2.16. The van der Waals surface area contributed by atoms with Crippen molar-refractivity contribution in [1.29, 1.82) is 0 Å². The third kappa shape index (κ3) is 3.03.